The normalized spacial score (nSPS) is 17.8. The highest BCUT2D eigenvalue weighted by Gasteiger charge is 2.38. The summed E-state index contributed by atoms with van der Waals surface area (Å²) in [7, 11) is 0. The molecule has 1 aliphatic rings. The Balaban J connectivity index is 2.57. The van der Waals surface area contributed by atoms with Crippen molar-refractivity contribution < 1.29 is 13.6 Å². The van der Waals surface area contributed by atoms with Gasteiger partial charge in [-0.1, -0.05) is 12.8 Å². The summed E-state index contributed by atoms with van der Waals surface area (Å²) in [5.41, 5.74) is -0.462. The Labute approximate surface area is 98.4 Å². The molecule has 1 aromatic rings. The Bertz CT molecular complexity index is 486. The van der Waals surface area contributed by atoms with Crippen LogP contribution in [0.4, 0.5) is 8.78 Å². The topological polar surface area (TPSA) is 29.4 Å². The van der Waals surface area contributed by atoms with E-state index in [1.807, 2.05) is 0 Å². The maximum Gasteiger partial charge on any atom is 0.235 e. The Morgan fingerprint density at radius 1 is 1.24 bits per heavy atom. The van der Waals surface area contributed by atoms with Gasteiger partial charge in [0.05, 0.1) is 0 Å². The molecule has 0 unspecified atom stereocenters. The quantitative estimate of drug-likeness (QED) is 0.572. The summed E-state index contributed by atoms with van der Waals surface area (Å²) in [6.45, 7) is 1.51. The minimum Gasteiger partial charge on any atom is -0.211 e. The Kier molecular flexibility index (Phi) is 3.07. The number of carbonyl (C=O) groups excluding carboxylic acids is 1. The molecular weight excluding hydrogens is 224 g/mol. The maximum atomic E-state index is 13.9. The highest BCUT2D eigenvalue weighted by Crippen LogP contribution is 2.43. The van der Waals surface area contributed by atoms with Crippen LogP contribution in [0, 0.1) is 18.6 Å². The lowest BCUT2D eigenvalue weighted by Crippen LogP contribution is -2.21. The number of hydrogen-bond donors (Lipinski definition) is 0. The fourth-order valence-electron chi connectivity index (χ4n) is 2.49. The van der Waals surface area contributed by atoms with Crippen LogP contribution in [0.1, 0.15) is 36.8 Å². The molecule has 0 N–H and O–H groups in total. The van der Waals surface area contributed by atoms with Gasteiger partial charge in [-0.05, 0) is 37.5 Å². The van der Waals surface area contributed by atoms with Crippen molar-refractivity contribution in [2.75, 3.05) is 0 Å². The van der Waals surface area contributed by atoms with Gasteiger partial charge in [0, 0.05) is 5.56 Å². The van der Waals surface area contributed by atoms with E-state index in [-0.39, 0.29) is 11.1 Å². The van der Waals surface area contributed by atoms with Gasteiger partial charge in [-0.15, -0.1) is 0 Å². The molecule has 1 fully saturated rings. The van der Waals surface area contributed by atoms with Crippen LogP contribution in [-0.4, -0.2) is 6.08 Å². The molecule has 0 heterocycles. The van der Waals surface area contributed by atoms with E-state index in [0.717, 1.165) is 25.0 Å². The zero-order valence-electron chi connectivity index (χ0n) is 9.59. The van der Waals surface area contributed by atoms with Gasteiger partial charge in [-0.2, -0.15) is 4.99 Å². The van der Waals surface area contributed by atoms with Crippen molar-refractivity contribution in [2.24, 2.45) is 4.99 Å². The molecule has 0 atom stereocenters. The van der Waals surface area contributed by atoms with Crippen LogP contribution in [0.25, 0.3) is 0 Å². The fourth-order valence-corrected chi connectivity index (χ4v) is 2.49. The van der Waals surface area contributed by atoms with Crippen LogP contribution in [0.2, 0.25) is 0 Å². The number of aliphatic imine (C=N–C) groups is 1. The molecule has 0 bridgehead atoms. The molecule has 4 heteroatoms. The van der Waals surface area contributed by atoms with Crippen LogP contribution >= 0.6 is 0 Å². The second kappa shape index (κ2) is 4.38. The molecule has 2 rings (SSSR count). The first-order chi connectivity index (χ1) is 8.09. The number of isocyanates is 1. The predicted molar refractivity (Wildman–Crippen MR) is 59.4 cm³/mol. The Morgan fingerprint density at radius 2 is 1.88 bits per heavy atom. The van der Waals surface area contributed by atoms with Crippen molar-refractivity contribution in [2.45, 2.75) is 38.1 Å². The lowest BCUT2D eigenvalue weighted by atomic mass is 9.88. The van der Waals surface area contributed by atoms with E-state index < -0.39 is 17.2 Å². The number of benzene rings is 1. The molecule has 0 radical (unpaired) electrons. The van der Waals surface area contributed by atoms with Crippen LogP contribution < -0.4 is 0 Å². The van der Waals surface area contributed by atoms with E-state index in [0.29, 0.717) is 12.8 Å². The molecule has 1 saturated carbocycles. The smallest absolute Gasteiger partial charge is 0.211 e. The van der Waals surface area contributed by atoms with Crippen molar-refractivity contribution in [1.82, 2.24) is 0 Å². The standard InChI is InChI=1S/C13H13F2NO/c1-9-6-12(15)10(7-11(9)14)13(16-8-17)4-2-3-5-13/h6-7H,2-5H2,1H3. The van der Waals surface area contributed by atoms with Crippen molar-refractivity contribution in [1.29, 1.82) is 0 Å². The second-order valence-corrected chi connectivity index (χ2v) is 4.52. The summed E-state index contributed by atoms with van der Waals surface area (Å²) in [5, 5.41) is 0. The number of nitrogens with zero attached hydrogens (tertiary/aromatic N) is 1. The van der Waals surface area contributed by atoms with Crippen molar-refractivity contribution in [3.8, 4) is 0 Å². The van der Waals surface area contributed by atoms with E-state index in [1.165, 1.54) is 13.0 Å². The molecule has 0 aliphatic heterocycles. The first kappa shape index (κ1) is 11.9. The third-order valence-corrected chi connectivity index (χ3v) is 3.44. The minimum absolute atomic E-state index is 0.182. The summed E-state index contributed by atoms with van der Waals surface area (Å²) in [5.74, 6) is -0.960. The molecule has 1 aliphatic carbocycles. The molecule has 1 aromatic carbocycles. The van der Waals surface area contributed by atoms with E-state index in [1.54, 1.807) is 0 Å². The van der Waals surface area contributed by atoms with Gasteiger partial charge in [0.2, 0.25) is 6.08 Å². The summed E-state index contributed by atoms with van der Waals surface area (Å²) in [6, 6.07) is 2.32. The summed E-state index contributed by atoms with van der Waals surface area (Å²) < 4.78 is 27.4. The lowest BCUT2D eigenvalue weighted by Gasteiger charge is -2.23. The van der Waals surface area contributed by atoms with Gasteiger partial charge in [0.1, 0.15) is 17.2 Å². The molecule has 0 aromatic heterocycles. The number of hydrogen-bond acceptors (Lipinski definition) is 2. The lowest BCUT2D eigenvalue weighted by molar-refractivity contribution is 0.426. The van der Waals surface area contributed by atoms with Gasteiger partial charge in [-0.25, -0.2) is 13.6 Å². The number of rotatable bonds is 2. The predicted octanol–water partition coefficient (Wildman–Crippen LogP) is 3.38. The van der Waals surface area contributed by atoms with Gasteiger partial charge >= 0.3 is 0 Å². The van der Waals surface area contributed by atoms with E-state index >= 15 is 0 Å². The van der Waals surface area contributed by atoms with Gasteiger partial charge in [-0.3, -0.25) is 0 Å². The Morgan fingerprint density at radius 3 is 2.47 bits per heavy atom. The number of halogens is 2. The highest BCUT2D eigenvalue weighted by atomic mass is 19.1. The van der Waals surface area contributed by atoms with Crippen molar-refractivity contribution >= 4 is 6.08 Å². The summed E-state index contributed by atoms with van der Waals surface area (Å²) in [6.07, 6.45) is 4.36. The Hall–Kier alpha value is -1.54. The van der Waals surface area contributed by atoms with Crippen molar-refractivity contribution in [3.05, 3.63) is 34.9 Å². The van der Waals surface area contributed by atoms with E-state index in [2.05, 4.69) is 4.99 Å². The van der Waals surface area contributed by atoms with Crippen molar-refractivity contribution in [3.63, 3.8) is 0 Å². The van der Waals surface area contributed by atoms with E-state index in [9.17, 15) is 13.6 Å². The molecule has 2 nitrogen and oxygen atoms in total. The second-order valence-electron chi connectivity index (χ2n) is 4.52. The van der Waals surface area contributed by atoms with Gasteiger partial charge in [0.15, 0.2) is 0 Å². The molecular formula is C13H13F2NO. The first-order valence-electron chi connectivity index (χ1n) is 5.64. The molecule has 90 valence electrons. The van der Waals surface area contributed by atoms with Gasteiger partial charge < -0.3 is 0 Å². The zero-order valence-corrected chi connectivity index (χ0v) is 9.59. The SMILES string of the molecule is Cc1cc(F)c(C2(N=C=O)CCCC2)cc1F. The molecule has 17 heavy (non-hydrogen) atoms. The summed E-state index contributed by atoms with van der Waals surface area (Å²) >= 11 is 0. The average molecular weight is 237 g/mol. The largest absolute Gasteiger partial charge is 0.235 e. The molecule has 0 spiro atoms. The highest BCUT2D eigenvalue weighted by molar-refractivity contribution is 5.40. The minimum atomic E-state index is -0.902. The maximum absolute atomic E-state index is 13.9. The van der Waals surface area contributed by atoms with Crippen LogP contribution in [-0.2, 0) is 10.3 Å². The fraction of sp³-hybridized carbons (Fsp3) is 0.462. The molecule has 0 saturated heterocycles. The third-order valence-electron chi connectivity index (χ3n) is 3.44. The van der Waals surface area contributed by atoms with E-state index in [4.69, 9.17) is 0 Å². The monoisotopic (exact) mass is 237 g/mol. The number of aryl methyl sites for hydroxylation is 1. The van der Waals surface area contributed by atoms with Crippen LogP contribution in [0.5, 0.6) is 0 Å². The zero-order chi connectivity index (χ0) is 12.5. The van der Waals surface area contributed by atoms with Crippen LogP contribution in [0.3, 0.4) is 0 Å². The first-order valence-corrected chi connectivity index (χ1v) is 5.64. The summed E-state index contributed by atoms with van der Waals surface area (Å²) in [4.78, 5) is 14.2. The van der Waals surface area contributed by atoms with Gasteiger partial charge in [0.25, 0.3) is 0 Å². The average Bonchev–Trinajstić information content (AvgIpc) is 2.73. The third kappa shape index (κ3) is 2.01. The molecule has 0 amide bonds. The van der Waals surface area contributed by atoms with Crippen LogP contribution in [0.15, 0.2) is 17.1 Å².